The number of aliphatic imine (C=N–C) groups is 1. The fraction of sp³-hybridized carbons (Fsp3) is 0.429. The minimum atomic E-state index is -0.00461. The molecule has 4 nitrogen and oxygen atoms in total. The van der Waals surface area contributed by atoms with Crippen LogP contribution in [0.5, 0.6) is 0 Å². The van der Waals surface area contributed by atoms with E-state index in [1.165, 1.54) is 11.1 Å². The maximum absolute atomic E-state index is 4.80. The molecule has 2 rings (SSSR count). The number of rotatable bonds is 7. The zero-order valence-electron chi connectivity index (χ0n) is 15.8. The van der Waals surface area contributed by atoms with Crippen LogP contribution in [0.1, 0.15) is 37.6 Å². The normalized spacial score (nSPS) is 12.1. The SMILES string of the molecule is CCNC(=NCC(C)(C)c1cccc(C)c1)NCCc1ccccn1. The number of nitrogens with one attached hydrogen (secondary N) is 2. The van der Waals surface area contributed by atoms with Crippen molar-refractivity contribution < 1.29 is 0 Å². The highest BCUT2D eigenvalue weighted by Gasteiger charge is 2.20. The molecule has 0 saturated carbocycles. The van der Waals surface area contributed by atoms with Crippen molar-refractivity contribution in [3.05, 3.63) is 65.5 Å². The Hall–Kier alpha value is -2.36. The first-order chi connectivity index (χ1) is 12.0. The average molecular weight is 338 g/mol. The molecule has 2 aromatic rings. The van der Waals surface area contributed by atoms with Gasteiger partial charge in [0.25, 0.3) is 0 Å². The van der Waals surface area contributed by atoms with Crippen LogP contribution in [0.2, 0.25) is 0 Å². The highest BCUT2D eigenvalue weighted by atomic mass is 15.2. The van der Waals surface area contributed by atoms with Gasteiger partial charge in [0, 0.05) is 36.8 Å². The zero-order valence-corrected chi connectivity index (χ0v) is 15.8. The number of guanidine groups is 1. The topological polar surface area (TPSA) is 49.3 Å². The maximum atomic E-state index is 4.80. The fourth-order valence-electron chi connectivity index (χ4n) is 2.63. The van der Waals surface area contributed by atoms with Crippen molar-refractivity contribution in [1.82, 2.24) is 15.6 Å². The van der Waals surface area contributed by atoms with Gasteiger partial charge in [-0.3, -0.25) is 9.98 Å². The molecular weight excluding hydrogens is 308 g/mol. The third-order valence-corrected chi connectivity index (χ3v) is 4.18. The molecule has 25 heavy (non-hydrogen) atoms. The molecule has 0 amide bonds. The third-order valence-electron chi connectivity index (χ3n) is 4.18. The molecule has 134 valence electrons. The highest BCUT2D eigenvalue weighted by molar-refractivity contribution is 5.79. The smallest absolute Gasteiger partial charge is 0.191 e. The Bertz CT molecular complexity index is 677. The lowest BCUT2D eigenvalue weighted by atomic mass is 9.84. The molecule has 1 aromatic heterocycles. The van der Waals surface area contributed by atoms with Crippen LogP contribution in [0.25, 0.3) is 0 Å². The van der Waals surface area contributed by atoms with E-state index >= 15 is 0 Å². The van der Waals surface area contributed by atoms with E-state index in [-0.39, 0.29) is 5.41 Å². The largest absolute Gasteiger partial charge is 0.357 e. The van der Waals surface area contributed by atoms with Crippen molar-refractivity contribution in [2.24, 2.45) is 4.99 Å². The summed E-state index contributed by atoms with van der Waals surface area (Å²) in [6.07, 6.45) is 2.71. The van der Waals surface area contributed by atoms with Crippen molar-refractivity contribution >= 4 is 5.96 Å². The first kappa shape index (κ1) is 19.0. The third kappa shape index (κ3) is 6.22. The predicted molar refractivity (Wildman–Crippen MR) is 106 cm³/mol. The molecule has 0 aliphatic rings. The van der Waals surface area contributed by atoms with E-state index < -0.39 is 0 Å². The minimum absolute atomic E-state index is 0.00461. The van der Waals surface area contributed by atoms with Crippen LogP contribution in [0, 0.1) is 6.92 Å². The number of benzene rings is 1. The second-order valence-electron chi connectivity index (χ2n) is 6.95. The second-order valence-corrected chi connectivity index (χ2v) is 6.95. The van der Waals surface area contributed by atoms with Gasteiger partial charge in [0.05, 0.1) is 6.54 Å². The lowest BCUT2D eigenvalue weighted by Gasteiger charge is -2.24. The number of pyridine rings is 1. The van der Waals surface area contributed by atoms with Gasteiger partial charge < -0.3 is 10.6 Å². The van der Waals surface area contributed by atoms with E-state index in [1.54, 1.807) is 0 Å². The van der Waals surface area contributed by atoms with E-state index in [4.69, 9.17) is 4.99 Å². The second kappa shape index (κ2) is 9.21. The van der Waals surface area contributed by atoms with Gasteiger partial charge in [0.1, 0.15) is 0 Å². The van der Waals surface area contributed by atoms with Crippen LogP contribution in [0.3, 0.4) is 0 Å². The predicted octanol–water partition coefficient (Wildman–Crippen LogP) is 3.47. The van der Waals surface area contributed by atoms with Crippen molar-refractivity contribution in [2.75, 3.05) is 19.6 Å². The van der Waals surface area contributed by atoms with Gasteiger partial charge in [-0.2, -0.15) is 0 Å². The number of hydrogen-bond donors (Lipinski definition) is 2. The first-order valence-corrected chi connectivity index (χ1v) is 9.00. The van der Waals surface area contributed by atoms with Crippen LogP contribution in [-0.2, 0) is 11.8 Å². The van der Waals surface area contributed by atoms with Gasteiger partial charge in [0.15, 0.2) is 5.96 Å². The van der Waals surface area contributed by atoms with Gasteiger partial charge in [-0.25, -0.2) is 0 Å². The van der Waals surface area contributed by atoms with Gasteiger partial charge in [-0.1, -0.05) is 49.7 Å². The molecule has 0 radical (unpaired) electrons. The summed E-state index contributed by atoms with van der Waals surface area (Å²) in [7, 11) is 0. The van der Waals surface area contributed by atoms with Crippen LogP contribution < -0.4 is 10.6 Å². The van der Waals surface area contributed by atoms with E-state index in [9.17, 15) is 0 Å². The summed E-state index contributed by atoms with van der Waals surface area (Å²) >= 11 is 0. The van der Waals surface area contributed by atoms with Crippen LogP contribution >= 0.6 is 0 Å². The summed E-state index contributed by atoms with van der Waals surface area (Å²) in [6.45, 7) is 11.1. The molecule has 0 fully saturated rings. The maximum Gasteiger partial charge on any atom is 0.191 e. The molecule has 2 N–H and O–H groups in total. The summed E-state index contributed by atoms with van der Waals surface area (Å²) in [5, 5.41) is 6.73. The molecule has 1 aromatic carbocycles. The Morgan fingerprint density at radius 1 is 1.12 bits per heavy atom. The van der Waals surface area contributed by atoms with Crippen molar-refractivity contribution in [3.63, 3.8) is 0 Å². The highest BCUT2D eigenvalue weighted by Crippen LogP contribution is 2.24. The number of nitrogens with zero attached hydrogens (tertiary/aromatic N) is 2. The van der Waals surface area contributed by atoms with Gasteiger partial charge in [-0.05, 0) is 31.5 Å². The van der Waals surface area contributed by atoms with Crippen molar-refractivity contribution in [3.8, 4) is 0 Å². The molecule has 0 aliphatic carbocycles. The molecule has 1 heterocycles. The summed E-state index contributed by atoms with van der Waals surface area (Å²) in [5.41, 5.74) is 3.69. The number of aromatic nitrogens is 1. The summed E-state index contributed by atoms with van der Waals surface area (Å²) < 4.78 is 0. The lowest BCUT2D eigenvalue weighted by Crippen LogP contribution is -2.39. The summed E-state index contributed by atoms with van der Waals surface area (Å²) in [4.78, 5) is 9.15. The average Bonchev–Trinajstić information content (AvgIpc) is 2.61. The Balaban J connectivity index is 1.96. The Morgan fingerprint density at radius 2 is 1.96 bits per heavy atom. The van der Waals surface area contributed by atoms with E-state index in [0.29, 0.717) is 0 Å². The molecule has 0 spiro atoms. The Labute approximate surface area is 151 Å². The van der Waals surface area contributed by atoms with Crippen LogP contribution in [-0.4, -0.2) is 30.6 Å². The standard InChI is InChI=1S/C21H30N4/c1-5-22-20(24-14-12-19-11-6-7-13-23-19)25-16-21(3,4)18-10-8-9-17(2)15-18/h6-11,13,15H,5,12,14,16H2,1-4H3,(H2,22,24,25). The Morgan fingerprint density at radius 3 is 2.64 bits per heavy atom. The summed E-state index contributed by atoms with van der Waals surface area (Å²) in [6, 6.07) is 14.7. The van der Waals surface area contributed by atoms with Crippen LogP contribution in [0.4, 0.5) is 0 Å². The fourth-order valence-corrected chi connectivity index (χ4v) is 2.63. The van der Waals surface area contributed by atoms with E-state index in [2.05, 4.69) is 67.6 Å². The van der Waals surface area contributed by atoms with E-state index in [1.807, 2.05) is 24.4 Å². The van der Waals surface area contributed by atoms with Crippen molar-refractivity contribution in [2.45, 2.75) is 39.5 Å². The number of aryl methyl sites for hydroxylation is 1. The molecule has 4 heteroatoms. The van der Waals surface area contributed by atoms with E-state index in [0.717, 1.165) is 37.7 Å². The van der Waals surface area contributed by atoms with Gasteiger partial charge in [-0.15, -0.1) is 0 Å². The van der Waals surface area contributed by atoms with Gasteiger partial charge in [0.2, 0.25) is 0 Å². The molecule has 0 unspecified atom stereocenters. The lowest BCUT2D eigenvalue weighted by molar-refractivity contribution is 0.537. The molecule has 0 atom stereocenters. The summed E-state index contributed by atoms with van der Waals surface area (Å²) in [5.74, 6) is 0.860. The van der Waals surface area contributed by atoms with Gasteiger partial charge >= 0.3 is 0 Å². The Kier molecular flexibility index (Phi) is 6.99. The monoisotopic (exact) mass is 338 g/mol. The van der Waals surface area contributed by atoms with Crippen LogP contribution in [0.15, 0.2) is 53.7 Å². The first-order valence-electron chi connectivity index (χ1n) is 9.00. The molecular formula is C21H30N4. The quantitative estimate of drug-likeness (QED) is 0.600. The zero-order chi connectivity index (χ0) is 18.1. The number of hydrogen-bond acceptors (Lipinski definition) is 2. The molecule has 0 aliphatic heterocycles. The van der Waals surface area contributed by atoms with Crippen molar-refractivity contribution in [1.29, 1.82) is 0 Å². The molecule has 0 bridgehead atoms. The molecule has 0 saturated heterocycles. The minimum Gasteiger partial charge on any atom is -0.357 e.